The lowest BCUT2D eigenvalue weighted by Gasteiger charge is -2.06. The van der Waals surface area contributed by atoms with E-state index in [9.17, 15) is 4.79 Å². The third kappa shape index (κ3) is 3.14. The molecule has 1 amide bonds. The first-order valence-corrected chi connectivity index (χ1v) is 6.20. The van der Waals surface area contributed by atoms with E-state index in [2.05, 4.69) is 33.9 Å². The number of hydrogen-bond acceptors (Lipinski definition) is 3. The standard InChI is InChI=1S/C12H10BrNO2S/c13-11-4-3-9(17)6-10(11)12(15)14-7-8-2-1-5-16-8/h1-6,17H,7H2,(H,14,15). The smallest absolute Gasteiger partial charge is 0.252 e. The Hall–Kier alpha value is -1.20. The Morgan fingerprint density at radius 1 is 1.41 bits per heavy atom. The van der Waals surface area contributed by atoms with Crippen molar-refractivity contribution >= 4 is 34.5 Å². The van der Waals surface area contributed by atoms with Gasteiger partial charge in [0.1, 0.15) is 5.76 Å². The van der Waals surface area contributed by atoms with Crippen molar-refractivity contribution in [1.29, 1.82) is 0 Å². The number of carbonyl (C=O) groups excluding carboxylic acids is 1. The van der Waals surface area contributed by atoms with Gasteiger partial charge in [0.05, 0.1) is 18.4 Å². The predicted octanol–water partition coefficient (Wildman–Crippen LogP) is 3.26. The summed E-state index contributed by atoms with van der Waals surface area (Å²) in [5, 5.41) is 2.77. The molecule has 2 rings (SSSR count). The molecule has 0 unspecified atom stereocenters. The van der Waals surface area contributed by atoms with Crippen molar-refractivity contribution in [1.82, 2.24) is 5.32 Å². The molecule has 0 aliphatic heterocycles. The highest BCUT2D eigenvalue weighted by atomic mass is 79.9. The second-order valence-corrected chi connectivity index (χ2v) is 4.80. The fraction of sp³-hybridized carbons (Fsp3) is 0.0833. The number of halogens is 1. The van der Waals surface area contributed by atoms with Gasteiger partial charge in [-0.1, -0.05) is 0 Å². The summed E-state index contributed by atoms with van der Waals surface area (Å²) in [5.41, 5.74) is 0.559. The molecule has 0 saturated heterocycles. The SMILES string of the molecule is O=C(NCc1ccco1)c1cc(S)ccc1Br. The molecule has 0 radical (unpaired) electrons. The highest BCUT2D eigenvalue weighted by molar-refractivity contribution is 9.10. The molecule has 3 nitrogen and oxygen atoms in total. The molecule has 0 saturated carbocycles. The van der Waals surface area contributed by atoms with Crippen molar-refractivity contribution in [3.63, 3.8) is 0 Å². The van der Waals surface area contributed by atoms with Crippen LogP contribution in [0.3, 0.4) is 0 Å². The van der Waals surface area contributed by atoms with E-state index in [4.69, 9.17) is 4.42 Å². The number of nitrogens with one attached hydrogen (secondary N) is 1. The summed E-state index contributed by atoms with van der Waals surface area (Å²) in [6.07, 6.45) is 1.58. The maximum Gasteiger partial charge on any atom is 0.252 e. The van der Waals surface area contributed by atoms with Gasteiger partial charge in [0, 0.05) is 9.37 Å². The van der Waals surface area contributed by atoms with Crippen LogP contribution in [0, 0.1) is 0 Å². The van der Waals surface area contributed by atoms with Crippen LogP contribution < -0.4 is 5.32 Å². The lowest BCUT2D eigenvalue weighted by molar-refractivity contribution is 0.0947. The summed E-state index contributed by atoms with van der Waals surface area (Å²) >= 11 is 7.54. The summed E-state index contributed by atoms with van der Waals surface area (Å²) in [6, 6.07) is 8.92. The molecule has 0 aliphatic carbocycles. The summed E-state index contributed by atoms with van der Waals surface area (Å²) < 4.78 is 5.88. The summed E-state index contributed by atoms with van der Waals surface area (Å²) in [6.45, 7) is 0.370. The van der Waals surface area contributed by atoms with Crippen LogP contribution in [0.15, 0.2) is 50.4 Å². The minimum absolute atomic E-state index is 0.163. The fourth-order valence-electron chi connectivity index (χ4n) is 1.36. The van der Waals surface area contributed by atoms with E-state index in [0.29, 0.717) is 12.1 Å². The molecular formula is C12H10BrNO2S. The number of benzene rings is 1. The minimum Gasteiger partial charge on any atom is -0.467 e. The molecule has 1 aromatic carbocycles. The number of rotatable bonds is 3. The van der Waals surface area contributed by atoms with E-state index < -0.39 is 0 Å². The van der Waals surface area contributed by atoms with Crippen molar-refractivity contribution < 1.29 is 9.21 Å². The topological polar surface area (TPSA) is 42.2 Å². The van der Waals surface area contributed by atoms with Crippen molar-refractivity contribution in [2.45, 2.75) is 11.4 Å². The highest BCUT2D eigenvalue weighted by Gasteiger charge is 2.10. The normalized spacial score (nSPS) is 10.2. The number of furan rings is 1. The van der Waals surface area contributed by atoms with Gasteiger partial charge in [-0.15, -0.1) is 12.6 Å². The molecule has 0 spiro atoms. The average Bonchev–Trinajstić information content (AvgIpc) is 2.82. The van der Waals surface area contributed by atoms with Crippen molar-refractivity contribution in [3.8, 4) is 0 Å². The first-order valence-electron chi connectivity index (χ1n) is 4.96. The van der Waals surface area contributed by atoms with Crippen LogP contribution in [0.5, 0.6) is 0 Å². The van der Waals surface area contributed by atoms with Gasteiger partial charge in [0.25, 0.3) is 5.91 Å². The Kier molecular flexibility index (Phi) is 3.91. The molecule has 0 atom stereocenters. The molecule has 17 heavy (non-hydrogen) atoms. The predicted molar refractivity (Wildman–Crippen MR) is 71.3 cm³/mol. The maximum absolute atomic E-state index is 11.9. The van der Waals surface area contributed by atoms with Gasteiger partial charge < -0.3 is 9.73 Å². The van der Waals surface area contributed by atoms with E-state index >= 15 is 0 Å². The van der Waals surface area contributed by atoms with Crippen LogP contribution in [0.1, 0.15) is 16.1 Å². The number of thiol groups is 1. The lowest BCUT2D eigenvalue weighted by atomic mass is 10.2. The lowest BCUT2D eigenvalue weighted by Crippen LogP contribution is -2.22. The van der Waals surface area contributed by atoms with Crippen LogP contribution in [-0.4, -0.2) is 5.91 Å². The van der Waals surface area contributed by atoms with Gasteiger partial charge >= 0.3 is 0 Å². The fourth-order valence-corrected chi connectivity index (χ4v) is 1.99. The van der Waals surface area contributed by atoms with Gasteiger partial charge in [-0.25, -0.2) is 0 Å². The number of amides is 1. The highest BCUT2D eigenvalue weighted by Crippen LogP contribution is 2.20. The minimum atomic E-state index is -0.163. The van der Waals surface area contributed by atoms with Gasteiger partial charge in [-0.2, -0.15) is 0 Å². The quantitative estimate of drug-likeness (QED) is 0.854. The van der Waals surface area contributed by atoms with Gasteiger partial charge in [-0.3, -0.25) is 4.79 Å². The van der Waals surface area contributed by atoms with Crippen molar-refractivity contribution in [3.05, 3.63) is 52.4 Å². The molecule has 88 valence electrons. The van der Waals surface area contributed by atoms with Gasteiger partial charge in [0.15, 0.2) is 0 Å². The molecule has 1 heterocycles. The van der Waals surface area contributed by atoms with Crippen LogP contribution >= 0.6 is 28.6 Å². The van der Waals surface area contributed by atoms with Crippen LogP contribution in [0.2, 0.25) is 0 Å². The van der Waals surface area contributed by atoms with Crippen molar-refractivity contribution in [2.24, 2.45) is 0 Å². The van der Waals surface area contributed by atoms with Gasteiger partial charge in [-0.05, 0) is 46.3 Å². The Balaban J connectivity index is 2.07. The first kappa shape index (κ1) is 12.3. The third-order valence-electron chi connectivity index (χ3n) is 2.20. The summed E-state index contributed by atoms with van der Waals surface area (Å²) in [7, 11) is 0. The second-order valence-electron chi connectivity index (χ2n) is 3.43. The number of carbonyl (C=O) groups is 1. The average molecular weight is 312 g/mol. The second kappa shape index (κ2) is 5.42. The largest absolute Gasteiger partial charge is 0.467 e. The Morgan fingerprint density at radius 3 is 2.94 bits per heavy atom. The molecule has 0 fully saturated rings. The van der Waals surface area contributed by atoms with Crippen molar-refractivity contribution in [2.75, 3.05) is 0 Å². The van der Waals surface area contributed by atoms with Crippen LogP contribution in [0.4, 0.5) is 0 Å². The van der Waals surface area contributed by atoms with Gasteiger partial charge in [0.2, 0.25) is 0 Å². The van der Waals surface area contributed by atoms with E-state index in [-0.39, 0.29) is 5.91 Å². The summed E-state index contributed by atoms with van der Waals surface area (Å²) in [4.78, 5) is 12.6. The molecule has 2 aromatic rings. The maximum atomic E-state index is 11.9. The van der Waals surface area contributed by atoms with Crippen LogP contribution in [-0.2, 0) is 6.54 Å². The molecule has 0 bridgehead atoms. The Morgan fingerprint density at radius 2 is 2.24 bits per heavy atom. The molecule has 1 N–H and O–H groups in total. The van der Waals surface area contributed by atoms with E-state index in [1.807, 2.05) is 12.1 Å². The molecule has 1 aromatic heterocycles. The van der Waals surface area contributed by atoms with E-state index in [1.54, 1.807) is 24.5 Å². The molecule has 0 aliphatic rings. The van der Waals surface area contributed by atoms with E-state index in [0.717, 1.165) is 15.1 Å². The zero-order chi connectivity index (χ0) is 12.3. The number of hydrogen-bond donors (Lipinski definition) is 2. The van der Waals surface area contributed by atoms with E-state index in [1.165, 1.54) is 0 Å². The zero-order valence-corrected chi connectivity index (χ0v) is 11.3. The first-order chi connectivity index (χ1) is 8.16. The zero-order valence-electron chi connectivity index (χ0n) is 8.81. The Bertz CT molecular complexity index is 525. The molecule has 5 heteroatoms. The monoisotopic (exact) mass is 311 g/mol. The summed E-state index contributed by atoms with van der Waals surface area (Å²) in [5.74, 6) is 0.556. The molecular weight excluding hydrogens is 302 g/mol. The third-order valence-corrected chi connectivity index (χ3v) is 3.17. The Labute approximate surface area is 113 Å². The van der Waals surface area contributed by atoms with Crippen LogP contribution in [0.25, 0.3) is 0 Å².